The second-order valence-electron chi connectivity index (χ2n) is 2.82. The number of carboxylic acids is 1. The molecular weight excluding hydrogens is 202 g/mol. The number of nitrogens with zero attached hydrogens (tertiary/aromatic N) is 1. The predicted octanol–water partition coefficient (Wildman–Crippen LogP) is 2.11. The summed E-state index contributed by atoms with van der Waals surface area (Å²) in [4.78, 5) is 10.6. The van der Waals surface area contributed by atoms with Crippen molar-refractivity contribution in [2.75, 3.05) is 0 Å². The third kappa shape index (κ3) is 2.48. The van der Waals surface area contributed by atoms with Crippen molar-refractivity contribution in [3.05, 3.63) is 34.9 Å². The summed E-state index contributed by atoms with van der Waals surface area (Å²) in [5, 5.41) is 17.7. The Bertz CT molecular complexity index is 384. The maximum Gasteiger partial charge on any atom is 0.321 e. The monoisotopic (exact) mass is 209 g/mol. The highest BCUT2D eigenvalue weighted by molar-refractivity contribution is 6.31. The lowest BCUT2D eigenvalue weighted by atomic mass is 10.0. The first kappa shape index (κ1) is 10.6. The highest BCUT2D eigenvalue weighted by Gasteiger charge is 2.17. The van der Waals surface area contributed by atoms with E-state index in [1.807, 2.05) is 0 Å². The first-order valence-corrected chi connectivity index (χ1v) is 4.38. The van der Waals surface area contributed by atoms with Gasteiger partial charge in [-0.2, -0.15) is 5.26 Å². The van der Waals surface area contributed by atoms with Crippen LogP contribution in [0, 0.1) is 17.2 Å². The van der Waals surface area contributed by atoms with E-state index in [4.69, 9.17) is 22.0 Å². The smallest absolute Gasteiger partial charge is 0.321 e. The van der Waals surface area contributed by atoms with Crippen LogP contribution >= 0.6 is 11.6 Å². The van der Waals surface area contributed by atoms with Crippen LogP contribution in [0.5, 0.6) is 0 Å². The summed E-state index contributed by atoms with van der Waals surface area (Å²) in [5.74, 6) is -2.15. The Labute approximate surface area is 86.5 Å². The lowest BCUT2D eigenvalue weighted by Gasteiger charge is -2.05. The van der Waals surface area contributed by atoms with Crippen molar-refractivity contribution in [3.63, 3.8) is 0 Å². The van der Waals surface area contributed by atoms with Crippen LogP contribution in [0.25, 0.3) is 0 Å². The van der Waals surface area contributed by atoms with E-state index in [1.165, 1.54) is 0 Å². The minimum Gasteiger partial charge on any atom is -0.480 e. The van der Waals surface area contributed by atoms with E-state index < -0.39 is 11.9 Å². The van der Waals surface area contributed by atoms with Crippen LogP contribution < -0.4 is 0 Å². The first-order valence-electron chi connectivity index (χ1n) is 4.01. The van der Waals surface area contributed by atoms with Gasteiger partial charge < -0.3 is 5.11 Å². The SMILES string of the molecule is N#CC(Cc1ccccc1Cl)C(=O)O. The molecule has 1 aromatic carbocycles. The normalized spacial score (nSPS) is 11.7. The quantitative estimate of drug-likeness (QED) is 0.830. The molecule has 1 N–H and O–H groups in total. The molecule has 0 saturated carbocycles. The fourth-order valence-corrected chi connectivity index (χ4v) is 1.28. The van der Waals surface area contributed by atoms with Gasteiger partial charge in [0.05, 0.1) is 6.07 Å². The molecule has 3 nitrogen and oxygen atoms in total. The van der Waals surface area contributed by atoms with Gasteiger partial charge in [0, 0.05) is 11.4 Å². The zero-order valence-corrected chi connectivity index (χ0v) is 8.03. The number of halogens is 1. The lowest BCUT2D eigenvalue weighted by Crippen LogP contribution is -2.14. The minimum absolute atomic E-state index is 0.144. The molecule has 0 radical (unpaired) electrons. The van der Waals surface area contributed by atoms with E-state index >= 15 is 0 Å². The zero-order valence-electron chi connectivity index (χ0n) is 7.27. The van der Waals surface area contributed by atoms with Crippen molar-refractivity contribution < 1.29 is 9.90 Å². The van der Waals surface area contributed by atoms with E-state index in [-0.39, 0.29) is 6.42 Å². The van der Waals surface area contributed by atoms with Crippen LogP contribution in [0.2, 0.25) is 5.02 Å². The van der Waals surface area contributed by atoms with Crippen molar-refractivity contribution in [1.82, 2.24) is 0 Å². The van der Waals surface area contributed by atoms with Gasteiger partial charge in [-0.1, -0.05) is 29.8 Å². The highest BCUT2D eigenvalue weighted by atomic mass is 35.5. The number of rotatable bonds is 3. The first-order chi connectivity index (χ1) is 6.65. The van der Waals surface area contributed by atoms with Crippen LogP contribution in [-0.4, -0.2) is 11.1 Å². The van der Waals surface area contributed by atoms with E-state index in [2.05, 4.69) is 0 Å². The molecule has 0 aliphatic rings. The number of benzene rings is 1. The zero-order chi connectivity index (χ0) is 10.6. The maximum absolute atomic E-state index is 10.6. The molecule has 1 aromatic rings. The lowest BCUT2D eigenvalue weighted by molar-refractivity contribution is -0.139. The predicted molar refractivity (Wildman–Crippen MR) is 51.9 cm³/mol. The molecule has 1 atom stereocenters. The third-order valence-corrected chi connectivity index (χ3v) is 2.20. The van der Waals surface area contributed by atoms with Gasteiger partial charge >= 0.3 is 5.97 Å². The van der Waals surface area contributed by atoms with Crippen LogP contribution in [0.3, 0.4) is 0 Å². The number of hydrogen-bond donors (Lipinski definition) is 1. The summed E-state index contributed by atoms with van der Waals surface area (Å²) in [6.45, 7) is 0. The molecule has 0 saturated heterocycles. The summed E-state index contributed by atoms with van der Waals surface area (Å²) < 4.78 is 0. The molecule has 0 aliphatic heterocycles. The molecule has 0 fully saturated rings. The molecule has 72 valence electrons. The van der Waals surface area contributed by atoms with Crippen LogP contribution in [0.1, 0.15) is 5.56 Å². The molecule has 0 aromatic heterocycles. The van der Waals surface area contributed by atoms with Crippen molar-refractivity contribution >= 4 is 17.6 Å². The maximum atomic E-state index is 10.6. The van der Waals surface area contributed by atoms with E-state index in [0.717, 1.165) is 0 Å². The number of carboxylic acid groups (broad SMARTS) is 1. The summed E-state index contributed by atoms with van der Waals surface area (Å²) in [6, 6.07) is 8.63. The molecule has 1 rings (SSSR count). The molecule has 14 heavy (non-hydrogen) atoms. The summed E-state index contributed by atoms with van der Waals surface area (Å²) >= 11 is 5.83. The molecule has 0 amide bonds. The molecule has 4 heteroatoms. The number of aliphatic carboxylic acids is 1. The van der Waals surface area contributed by atoms with Gasteiger partial charge in [0.15, 0.2) is 0 Å². The summed E-state index contributed by atoms with van der Waals surface area (Å²) in [5.41, 5.74) is 0.683. The average molecular weight is 210 g/mol. The largest absolute Gasteiger partial charge is 0.480 e. The van der Waals surface area contributed by atoms with Gasteiger partial charge in [-0.15, -0.1) is 0 Å². The minimum atomic E-state index is -1.12. The fraction of sp³-hybridized carbons (Fsp3) is 0.200. The van der Waals surface area contributed by atoms with Gasteiger partial charge in [0.25, 0.3) is 0 Å². The Morgan fingerprint density at radius 2 is 2.21 bits per heavy atom. The summed E-state index contributed by atoms with van der Waals surface area (Å²) in [7, 11) is 0. The van der Waals surface area contributed by atoms with Gasteiger partial charge in [0.1, 0.15) is 5.92 Å². The molecule has 0 spiro atoms. The molecule has 1 unspecified atom stereocenters. The van der Waals surface area contributed by atoms with Crippen LogP contribution in [0.15, 0.2) is 24.3 Å². The van der Waals surface area contributed by atoms with Crippen molar-refractivity contribution in [2.45, 2.75) is 6.42 Å². The van der Waals surface area contributed by atoms with Gasteiger partial charge in [-0.25, -0.2) is 0 Å². The number of carbonyl (C=O) groups is 1. The molecule has 0 bridgehead atoms. The molecular formula is C10H8ClNO2. The second-order valence-corrected chi connectivity index (χ2v) is 3.22. The van der Waals surface area contributed by atoms with Gasteiger partial charge in [-0.05, 0) is 11.6 Å². The van der Waals surface area contributed by atoms with E-state index in [9.17, 15) is 4.79 Å². The molecule has 0 heterocycles. The Morgan fingerprint density at radius 3 is 2.71 bits per heavy atom. The average Bonchev–Trinajstić information content (AvgIpc) is 2.16. The van der Waals surface area contributed by atoms with Crippen molar-refractivity contribution in [1.29, 1.82) is 5.26 Å². The Morgan fingerprint density at radius 1 is 1.57 bits per heavy atom. The standard InChI is InChI=1S/C10H8ClNO2/c11-9-4-2-1-3-7(9)5-8(6-12)10(13)14/h1-4,8H,5H2,(H,13,14). The number of nitriles is 1. The van der Waals surface area contributed by atoms with Crippen LogP contribution in [-0.2, 0) is 11.2 Å². The summed E-state index contributed by atoms with van der Waals surface area (Å²) in [6.07, 6.45) is 0.144. The fourth-order valence-electron chi connectivity index (χ4n) is 1.07. The van der Waals surface area contributed by atoms with Crippen molar-refractivity contribution in [3.8, 4) is 6.07 Å². The Hall–Kier alpha value is -1.53. The number of hydrogen-bond acceptors (Lipinski definition) is 2. The molecule has 0 aliphatic carbocycles. The highest BCUT2D eigenvalue weighted by Crippen LogP contribution is 2.18. The van der Waals surface area contributed by atoms with E-state index in [1.54, 1.807) is 30.3 Å². The van der Waals surface area contributed by atoms with Crippen LogP contribution in [0.4, 0.5) is 0 Å². The Kier molecular flexibility index (Phi) is 3.49. The topological polar surface area (TPSA) is 61.1 Å². The van der Waals surface area contributed by atoms with E-state index in [0.29, 0.717) is 10.6 Å². The van der Waals surface area contributed by atoms with Gasteiger partial charge in [0.2, 0.25) is 0 Å². The van der Waals surface area contributed by atoms with Crippen molar-refractivity contribution in [2.24, 2.45) is 5.92 Å². The Balaban J connectivity index is 2.84. The van der Waals surface area contributed by atoms with Gasteiger partial charge in [-0.3, -0.25) is 4.79 Å². The second kappa shape index (κ2) is 4.64. The third-order valence-electron chi connectivity index (χ3n) is 1.84.